The van der Waals surface area contributed by atoms with Crippen molar-refractivity contribution in [3.05, 3.63) is 23.8 Å². The van der Waals surface area contributed by atoms with Crippen LogP contribution in [0.3, 0.4) is 0 Å². The summed E-state index contributed by atoms with van der Waals surface area (Å²) in [7, 11) is -7.56. The van der Waals surface area contributed by atoms with E-state index < -0.39 is 42.1 Å². The number of nitrogen functional groups attached to an aromatic ring is 1. The van der Waals surface area contributed by atoms with Gasteiger partial charge in [0.05, 0.1) is 11.5 Å². The minimum absolute atomic E-state index is 0.0434. The highest BCUT2D eigenvalue weighted by molar-refractivity contribution is 7.91. The van der Waals surface area contributed by atoms with Crippen molar-refractivity contribution in [1.29, 1.82) is 0 Å². The van der Waals surface area contributed by atoms with E-state index in [0.717, 1.165) is 16.4 Å². The lowest BCUT2D eigenvalue weighted by Gasteiger charge is -2.20. The molecule has 1 aromatic carbocycles. The maximum Gasteiger partial charge on any atom is 0.246 e. The predicted octanol–water partition coefficient (Wildman–Crippen LogP) is 0.356. The average molecular weight is 340 g/mol. The minimum atomic E-state index is -4.26. The molecule has 10 heteroatoms. The first-order valence-corrected chi connectivity index (χ1v) is 9.35. The number of hydrogen-bond acceptors (Lipinski definition) is 5. The van der Waals surface area contributed by atoms with Crippen molar-refractivity contribution in [3.8, 4) is 0 Å². The fraction of sp³-hybridized carbons (Fsp3) is 0.455. The lowest BCUT2D eigenvalue weighted by Crippen LogP contribution is -2.34. The second-order valence-electron chi connectivity index (χ2n) is 4.68. The molecule has 0 amide bonds. The summed E-state index contributed by atoms with van der Waals surface area (Å²) in [5.41, 5.74) is 4.28. The third kappa shape index (κ3) is 3.16. The molecule has 6 nitrogen and oxygen atoms in total. The van der Waals surface area contributed by atoms with E-state index >= 15 is 0 Å². The standard InChI is InChI=1S/C11H14F2N2O4S2/c12-8-2-3-9(10(13)11(8)14)21(18,19)15-4-1-6-20(16,17)7-5-15/h2-3H,1,4-7,14H2. The molecule has 1 fully saturated rings. The molecule has 0 radical (unpaired) electrons. The van der Waals surface area contributed by atoms with Gasteiger partial charge in [-0.25, -0.2) is 25.6 Å². The lowest BCUT2D eigenvalue weighted by molar-refractivity contribution is 0.430. The highest BCUT2D eigenvalue weighted by Gasteiger charge is 2.32. The van der Waals surface area contributed by atoms with Crippen LogP contribution in [0.15, 0.2) is 17.0 Å². The molecule has 0 unspecified atom stereocenters. The van der Waals surface area contributed by atoms with Crippen LogP contribution in [0, 0.1) is 11.6 Å². The molecule has 0 saturated carbocycles. The average Bonchev–Trinajstić information content (AvgIpc) is 2.57. The van der Waals surface area contributed by atoms with Gasteiger partial charge in [-0.15, -0.1) is 0 Å². The Kier molecular flexibility index (Phi) is 4.22. The molecule has 1 heterocycles. The van der Waals surface area contributed by atoms with Crippen LogP contribution in [0.5, 0.6) is 0 Å². The number of hydrogen-bond donors (Lipinski definition) is 1. The summed E-state index contributed by atoms with van der Waals surface area (Å²) >= 11 is 0. The van der Waals surface area contributed by atoms with Gasteiger partial charge in [-0.3, -0.25) is 0 Å². The number of sulfone groups is 1. The van der Waals surface area contributed by atoms with Crippen LogP contribution in [0.25, 0.3) is 0 Å². The van der Waals surface area contributed by atoms with Crippen LogP contribution in [0.2, 0.25) is 0 Å². The van der Waals surface area contributed by atoms with E-state index in [9.17, 15) is 25.6 Å². The molecule has 21 heavy (non-hydrogen) atoms. The zero-order valence-corrected chi connectivity index (χ0v) is 12.6. The van der Waals surface area contributed by atoms with E-state index in [1.807, 2.05) is 0 Å². The van der Waals surface area contributed by atoms with Crippen molar-refractivity contribution in [2.24, 2.45) is 0 Å². The van der Waals surface area contributed by atoms with E-state index in [0.29, 0.717) is 0 Å². The summed E-state index contributed by atoms with van der Waals surface area (Å²) in [6.45, 7) is -0.306. The molecular weight excluding hydrogens is 326 g/mol. The first-order chi connectivity index (χ1) is 9.65. The van der Waals surface area contributed by atoms with Gasteiger partial charge in [0.25, 0.3) is 0 Å². The fourth-order valence-corrected chi connectivity index (χ4v) is 4.99. The van der Waals surface area contributed by atoms with Crippen LogP contribution < -0.4 is 5.73 Å². The van der Waals surface area contributed by atoms with Crippen molar-refractivity contribution in [1.82, 2.24) is 4.31 Å². The van der Waals surface area contributed by atoms with E-state index in [2.05, 4.69) is 0 Å². The summed E-state index contributed by atoms with van der Waals surface area (Å²) in [5, 5.41) is 0. The first-order valence-electron chi connectivity index (χ1n) is 6.09. The predicted molar refractivity (Wildman–Crippen MR) is 72.8 cm³/mol. The largest absolute Gasteiger partial charge is 0.394 e. The molecule has 2 N–H and O–H groups in total. The highest BCUT2D eigenvalue weighted by atomic mass is 32.2. The number of nitrogens with two attached hydrogens (primary N) is 1. The van der Waals surface area contributed by atoms with Gasteiger partial charge in [-0.05, 0) is 18.6 Å². The van der Waals surface area contributed by atoms with Gasteiger partial charge in [0.2, 0.25) is 10.0 Å². The number of sulfonamides is 1. The monoisotopic (exact) mass is 340 g/mol. The minimum Gasteiger partial charge on any atom is -0.394 e. The Morgan fingerprint density at radius 3 is 2.48 bits per heavy atom. The maximum atomic E-state index is 13.9. The number of anilines is 1. The summed E-state index contributed by atoms with van der Waals surface area (Å²) in [4.78, 5) is -0.749. The molecule has 118 valence electrons. The topological polar surface area (TPSA) is 97.5 Å². The van der Waals surface area contributed by atoms with E-state index in [1.165, 1.54) is 0 Å². The SMILES string of the molecule is Nc1c(F)ccc(S(=O)(=O)N2CCCS(=O)(=O)CC2)c1F. The van der Waals surface area contributed by atoms with Crippen LogP contribution in [0.1, 0.15) is 6.42 Å². The highest BCUT2D eigenvalue weighted by Crippen LogP contribution is 2.26. The zero-order valence-electron chi connectivity index (χ0n) is 10.9. The molecule has 0 spiro atoms. The smallest absolute Gasteiger partial charge is 0.246 e. The maximum absolute atomic E-state index is 13.9. The zero-order chi connectivity index (χ0) is 15.8. The molecule has 1 aliphatic heterocycles. The molecule has 0 atom stereocenters. The first kappa shape index (κ1) is 16.1. The summed E-state index contributed by atoms with van der Waals surface area (Å²) < 4.78 is 75.5. The molecular formula is C11H14F2N2O4S2. The van der Waals surface area contributed by atoms with Gasteiger partial charge < -0.3 is 5.73 Å². The molecule has 1 aromatic rings. The summed E-state index contributed by atoms with van der Waals surface area (Å²) in [6.07, 6.45) is 0.125. The Bertz CT molecular complexity index is 763. The Balaban J connectivity index is 2.41. The number of halogens is 2. The quantitative estimate of drug-likeness (QED) is 0.784. The van der Waals surface area contributed by atoms with Crippen molar-refractivity contribution < 1.29 is 25.6 Å². The molecule has 2 rings (SSSR count). The van der Waals surface area contributed by atoms with Crippen LogP contribution in [-0.2, 0) is 19.9 Å². The Morgan fingerprint density at radius 1 is 1.14 bits per heavy atom. The summed E-state index contributed by atoms with van der Waals surface area (Å²) in [5.74, 6) is -2.86. The van der Waals surface area contributed by atoms with Gasteiger partial charge in [0.15, 0.2) is 15.7 Å². The van der Waals surface area contributed by atoms with Crippen molar-refractivity contribution in [2.75, 3.05) is 30.3 Å². The van der Waals surface area contributed by atoms with Gasteiger partial charge in [-0.2, -0.15) is 4.31 Å². The van der Waals surface area contributed by atoms with Gasteiger partial charge >= 0.3 is 0 Å². The van der Waals surface area contributed by atoms with E-state index in [-0.39, 0.29) is 31.0 Å². The number of rotatable bonds is 2. The molecule has 0 aromatic heterocycles. The Morgan fingerprint density at radius 2 is 1.81 bits per heavy atom. The van der Waals surface area contributed by atoms with Crippen LogP contribution >= 0.6 is 0 Å². The van der Waals surface area contributed by atoms with E-state index in [1.54, 1.807) is 0 Å². The van der Waals surface area contributed by atoms with Crippen molar-refractivity contribution in [3.63, 3.8) is 0 Å². The third-order valence-corrected chi connectivity index (χ3v) is 6.85. The van der Waals surface area contributed by atoms with Gasteiger partial charge in [-0.1, -0.05) is 0 Å². The molecule has 0 bridgehead atoms. The van der Waals surface area contributed by atoms with Crippen molar-refractivity contribution in [2.45, 2.75) is 11.3 Å². The van der Waals surface area contributed by atoms with Crippen LogP contribution in [-0.4, -0.2) is 45.7 Å². The third-order valence-electron chi connectivity index (χ3n) is 3.22. The lowest BCUT2D eigenvalue weighted by atomic mass is 10.3. The van der Waals surface area contributed by atoms with Crippen LogP contribution in [0.4, 0.5) is 14.5 Å². The normalized spacial score (nSPS) is 20.1. The Hall–Kier alpha value is -1.26. The molecule has 1 aliphatic rings. The van der Waals surface area contributed by atoms with Gasteiger partial charge in [0, 0.05) is 13.1 Å². The van der Waals surface area contributed by atoms with Gasteiger partial charge in [0.1, 0.15) is 16.4 Å². The molecule has 1 saturated heterocycles. The summed E-state index contributed by atoms with van der Waals surface area (Å²) in [6, 6.07) is 1.55. The Labute approximate surface area is 121 Å². The number of nitrogens with zero attached hydrogens (tertiary/aromatic N) is 1. The molecule has 0 aliphatic carbocycles. The van der Waals surface area contributed by atoms with E-state index in [4.69, 9.17) is 5.73 Å². The second kappa shape index (κ2) is 5.50. The number of benzene rings is 1. The second-order valence-corrected chi connectivity index (χ2v) is 8.89. The fourth-order valence-electron chi connectivity index (χ4n) is 2.04. The van der Waals surface area contributed by atoms with Crippen molar-refractivity contribution >= 4 is 25.5 Å².